The highest BCUT2D eigenvalue weighted by Crippen LogP contribution is 2.63. The van der Waals surface area contributed by atoms with E-state index in [9.17, 15) is 0 Å². The zero-order valence-electron chi connectivity index (χ0n) is 35.6. The summed E-state index contributed by atoms with van der Waals surface area (Å²) < 4.78 is 6.92. The summed E-state index contributed by atoms with van der Waals surface area (Å²) in [7, 11) is 0. The maximum atomic E-state index is 6.92. The summed E-state index contributed by atoms with van der Waals surface area (Å²) in [4.78, 5) is 2.51. The number of furan rings is 1. The molecule has 3 aliphatic carbocycles. The molecular formula is C62H41NO. The first-order valence-corrected chi connectivity index (χ1v) is 22.4. The van der Waals surface area contributed by atoms with Crippen LogP contribution in [0.2, 0.25) is 0 Å². The van der Waals surface area contributed by atoms with Crippen molar-refractivity contribution >= 4 is 49.8 Å². The molecule has 1 spiro atoms. The van der Waals surface area contributed by atoms with Crippen molar-refractivity contribution in [2.45, 2.75) is 24.7 Å². The molecule has 2 heteroatoms. The van der Waals surface area contributed by atoms with Gasteiger partial charge in [-0.2, -0.15) is 0 Å². The Kier molecular flexibility index (Phi) is 7.13. The Morgan fingerprint density at radius 1 is 0.344 bits per heavy atom. The lowest BCUT2D eigenvalue weighted by Crippen LogP contribution is -2.26. The van der Waals surface area contributed by atoms with Crippen LogP contribution in [0.25, 0.3) is 77.2 Å². The van der Waals surface area contributed by atoms with E-state index in [0.717, 1.165) is 50.1 Å². The van der Waals surface area contributed by atoms with E-state index < -0.39 is 5.41 Å². The highest BCUT2D eigenvalue weighted by molar-refractivity contribution is 6.15. The lowest BCUT2D eigenvalue weighted by atomic mass is 9.70. The zero-order chi connectivity index (χ0) is 42.3. The van der Waals surface area contributed by atoms with E-state index in [2.05, 4.69) is 231 Å². The van der Waals surface area contributed by atoms with Crippen LogP contribution in [-0.4, -0.2) is 0 Å². The molecule has 0 unspecified atom stereocenters. The number of hydrogen-bond acceptors (Lipinski definition) is 2. The van der Waals surface area contributed by atoms with Gasteiger partial charge in [0.05, 0.1) is 5.41 Å². The molecule has 0 aliphatic heterocycles. The third kappa shape index (κ3) is 4.64. The second-order valence-corrected chi connectivity index (χ2v) is 18.4. The number of benzene rings is 10. The van der Waals surface area contributed by atoms with Crippen molar-refractivity contribution in [1.29, 1.82) is 0 Å². The van der Waals surface area contributed by atoms with Crippen LogP contribution in [0.5, 0.6) is 0 Å². The molecule has 0 saturated heterocycles. The summed E-state index contributed by atoms with van der Waals surface area (Å²) in [6.07, 6.45) is 0. The molecule has 0 fully saturated rings. The number of anilines is 3. The molecule has 64 heavy (non-hydrogen) atoms. The van der Waals surface area contributed by atoms with Gasteiger partial charge >= 0.3 is 0 Å². The quantitative estimate of drug-likeness (QED) is 0.176. The smallest absolute Gasteiger partial charge is 0.143 e. The van der Waals surface area contributed by atoms with E-state index in [1.54, 1.807) is 0 Å². The Morgan fingerprint density at radius 2 is 0.828 bits per heavy atom. The Balaban J connectivity index is 1.08. The van der Waals surface area contributed by atoms with Gasteiger partial charge in [-0.25, -0.2) is 0 Å². The Labute approximate surface area is 372 Å². The van der Waals surface area contributed by atoms with Gasteiger partial charge in [0.25, 0.3) is 0 Å². The van der Waals surface area contributed by atoms with E-state index >= 15 is 0 Å². The highest BCUT2D eigenvalue weighted by atomic mass is 16.3. The van der Waals surface area contributed by atoms with Gasteiger partial charge in [0.15, 0.2) is 0 Å². The number of nitrogens with zero attached hydrogens (tertiary/aromatic N) is 1. The van der Waals surface area contributed by atoms with Crippen molar-refractivity contribution in [3.63, 3.8) is 0 Å². The van der Waals surface area contributed by atoms with Crippen LogP contribution in [0.1, 0.15) is 47.2 Å². The predicted molar refractivity (Wildman–Crippen MR) is 265 cm³/mol. The molecule has 1 heterocycles. The fourth-order valence-electron chi connectivity index (χ4n) is 12.0. The van der Waals surface area contributed by atoms with Crippen LogP contribution < -0.4 is 4.90 Å². The van der Waals surface area contributed by atoms with Gasteiger partial charge in [0.2, 0.25) is 0 Å². The number of fused-ring (bicyclic) bond motifs is 17. The van der Waals surface area contributed by atoms with Crippen LogP contribution in [-0.2, 0) is 10.8 Å². The lowest BCUT2D eigenvalue weighted by Gasteiger charge is -2.32. The van der Waals surface area contributed by atoms with E-state index in [1.807, 2.05) is 0 Å². The first-order valence-electron chi connectivity index (χ1n) is 22.4. The van der Waals surface area contributed by atoms with Crippen molar-refractivity contribution in [2.75, 3.05) is 4.90 Å². The molecule has 300 valence electrons. The minimum atomic E-state index is -0.469. The van der Waals surface area contributed by atoms with Gasteiger partial charge < -0.3 is 9.32 Å². The Bertz CT molecular complexity index is 3710. The Morgan fingerprint density at radius 3 is 1.45 bits per heavy atom. The van der Waals surface area contributed by atoms with Gasteiger partial charge in [-0.05, 0) is 132 Å². The van der Waals surface area contributed by atoms with Gasteiger partial charge in [-0.3, -0.25) is 0 Å². The maximum absolute atomic E-state index is 6.92. The normalized spacial score (nSPS) is 14.3. The first kappa shape index (κ1) is 35.6. The van der Waals surface area contributed by atoms with Crippen LogP contribution in [0, 0.1) is 0 Å². The highest BCUT2D eigenvalue weighted by Gasteiger charge is 2.51. The maximum Gasteiger partial charge on any atom is 0.143 e. The summed E-state index contributed by atoms with van der Waals surface area (Å²) in [5, 5.41) is 4.57. The first-order chi connectivity index (χ1) is 31.5. The third-order valence-corrected chi connectivity index (χ3v) is 14.8. The van der Waals surface area contributed by atoms with E-state index in [0.29, 0.717) is 0 Å². The molecule has 0 radical (unpaired) electrons. The van der Waals surface area contributed by atoms with E-state index in [4.69, 9.17) is 4.42 Å². The second kappa shape index (κ2) is 12.8. The molecule has 3 aliphatic rings. The van der Waals surface area contributed by atoms with Crippen molar-refractivity contribution in [3.05, 3.63) is 246 Å². The molecule has 0 atom stereocenters. The summed E-state index contributed by atoms with van der Waals surface area (Å²) in [5.74, 6) is 0. The summed E-state index contributed by atoms with van der Waals surface area (Å²) in [5.41, 5.74) is 22.5. The van der Waals surface area contributed by atoms with Crippen molar-refractivity contribution in [2.24, 2.45) is 0 Å². The SMILES string of the molecule is CC1(C)c2ccccc2-c2ccc(N(c3ccc4c(c3)C3(c5ccccc5-c5ccccc53)c3ccccc3-4)c3cc(-c4ccccc4)c4oc5cc6ccccc6cc5c4c3)cc21. The van der Waals surface area contributed by atoms with Crippen LogP contribution in [0.4, 0.5) is 17.1 Å². The molecule has 0 saturated carbocycles. The molecule has 10 aromatic carbocycles. The molecule has 14 rings (SSSR count). The van der Waals surface area contributed by atoms with Crippen molar-refractivity contribution in [3.8, 4) is 44.5 Å². The van der Waals surface area contributed by atoms with Crippen LogP contribution in [0.3, 0.4) is 0 Å². The van der Waals surface area contributed by atoms with E-state index in [1.165, 1.54) is 77.5 Å². The Hall–Kier alpha value is -7.94. The van der Waals surface area contributed by atoms with Gasteiger partial charge in [0, 0.05) is 38.8 Å². The minimum Gasteiger partial charge on any atom is -0.455 e. The minimum absolute atomic E-state index is 0.171. The largest absolute Gasteiger partial charge is 0.455 e. The number of hydrogen-bond donors (Lipinski definition) is 0. The molecule has 1 aromatic heterocycles. The second-order valence-electron chi connectivity index (χ2n) is 18.4. The molecule has 2 nitrogen and oxygen atoms in total. The van der Waals surface area contributed by atoms with Crippen LogP contribution in [0.15, 0.2) is 217 Å². The average molecular weight is 816 g/mol. The fourth-order valence-corrected chi connectivity index (χ4v) is 12.0. The van der Waals surface area contributed by atoms with Gasteiger partial charge in [0.1, 0.15) is 11.2 Å². The summed E-state index contributed by atoms with van der Waals surface area (Å²) in [6.45, 7) is 4.75. The summed E-state index contributed by atoms with van der Waals surface area (Å²) >= 11 is 0. The molecule has 0 bridgehead atoms. The third-order valence-electron chi connectivity index (χ3n) is 14.8. The molecular weight excluding hydrogens is 775 g/mol. The zero-order valence-corrected chi connectivity index (χ0v) is 35.6. The predicted octanol–water partition coefficient (Wildman–Crippen LogP) is 16.5. The van der Waals surface area contributed by atoms with Crippen LogP contribution >= 0.6 is 0 Å². The average Bonchev–Trinajstić information content (AvgIpc) is 4.02. The van der Waals surface area contributed by atoms with E-state index in [-0.39, 0.29) is 5.41 Å². The molecule has 11 aromatic rings. The topological polar surface area (TPSA) is 16.4 Å². The van der Waals surface area contributed by atoms with Gasteiger partial charge in [-0.1, -0.05) is 178 Å². The monoisotopic (exact) mass is 815 g/mol. The molecule has 0 N–H and O–H groups in total. The molecule has 0 amide bonds. The van der Waals surface area contributed by atoms with Crippen molar-refractivity contribution in [1.82, 2.24) is 0 Å². The standard InChI is InChI=1S/C62H41NO/c1-61(2)53-24-12-8-20-44(53)48-30-28-41(36-57(48)61)63(43-34-50(38-16-4-3-5-17-38)60-52(35-43)51-32-39-18-6-7-19-40(39)33-59(51)64-60)42-29-31-49-47-23-11-15-27-56(47)62(58(49)37-42)54-25-13-9-21-45(54)46-22-10-14-26-55(46)62/h3-37H,1-2H3. The number of rotatable bonds is 4. The van der Waals surface area contributed by atoms with Gasteiger partial charge in [-0.15, -0.1) is 0 Å². The fraction of sp³-hybridized carbons (Fsp3) is 0.0645. The van der Waals surface area contributed by atoms with Crippen molar-refractivity contribution < 1.29 is 4.42 Å². The summed E-state index contributed by atoms with van der Waals surface area (Å²) in [6, 6.07) is 79.1. The lowest BCUT2D eigenvalue weighted by molar-refractivity contribution is 0.660.